The molecule has 3 nitrogen and oxygen atoms in total. The molecule has 2 saturated heterocycles. The molecule has 106 valence electrons. The fraction of sp³-hybridized carbons (Fsp3) is 1.00. The van der Waals surface area contributed by atoms with Crippen molar-refractivity contribution in [1.29, 1.82) is 0 Å². The van der Waals surface area contributed by atoms with Crippen LogP contribution in [0.4, 0.5) is 0 Å². The van der Waals surface area contributed by atoms with Crippen molar-refractivity contribution in [3.05, 3.63) is 0 Å². The molecule has 0 aromatic heterocycles. The minimum absolute atomic E-state index is 0.523. The third-order valence-corrected chi connectivity index (χ3v) is 4.63. The maximum absolute atomic E-state index is 6.03. The highest BCUT2D eigenvalue weighted by atomic mass is 16.5. The lowest BCUT2D eigenvalue weighted by molar-refractivity contribution is 0.0766. The molecule has 2 aliphatic heterocycles. The fourth-order valence-corrected chi connectivity index (χ4v) is 3.62. The third-order valence-electron chi connectivity index (χ3n) is 4.63. The van der Waals surface area contributed by atoms with E-state index in [9.17, 15) is 0 Å². The summed E-state index contributed by atoms with van der Waals surface area (Å²) in [5.74, 6) is 1.40. The summed E-state index contributed by atoms with van der Waals surface area (Å²) in [4.78, 5) is 0. The number of rotatable bonds is 8. The number of fused-ring (bicyclic) bond motifs is 2. The van der Waals surface area contributed by atoms with E-state index in [1.807, 2.05) is 0 Å². The topological polar surface area (TPSA) is 30.5 Å². The van der Waals surface area contributed by atoms with Crippen LogP contribution >= 0.6 is 0 Å². The molecule has 5 atom stereocenters. The van der Waals surface area contributed by atoms with E-state index >= 15 is 0 Å². The average molecular weight is 255 g/mol. The van der Waals surface area contributed by atoms with Crippen LogP contribution in [0.25, 0.3) is 0 Å². The van der Waals surface area contributed by atoms with Gasteiger partial charge in [-0.05, 0) is 44.6 Å². The van der Waals surface area contributed by atoms with Crippen molar-refractivity contribution in [3.8, 4) is 0 Å². The smallest absolute Gasteiger partial charge is 0.0623 e. The van der Waals surface area contributed by atoms with Crippen LogP contribution in [-0.4, -0.2) is 38.5 Å². The molecule has 18 heavy (non-hydrogen) atoms. The largest absolute Gasteiger partial charge is 0.385 e. The Bertz CT molecular complexity index is 247. The number of hydrogen-bond acceptors (Lipinski definition) is 3. The van der Waals surface area contributed by atoms with Gasteiger partial charge in [-0.15, -0.1) is 0 Å². The molecule has 3 heteroatoms. The van der Waals surface area contributed by atoms with Gasteiger partial charge in [0, 0.05) is 25.7 Å². The maximum Gasteiger partial charge on any atom is 0.0623 e. The standard InChI is InChI=1S/C15H29NO2/c1-4-8-16-15(11(2)7-9-17-3)13-10-12-5-6-14(13)18-12/h11-16H,4-10H2,1-3H3. The Morgan fingerprint density at radius 2 is 2.22 bits per heavy atom. The van der Waals surface area contributed by atoms with Gasteiger partial charge in [-0.1, -0.05) is 13.8 Å². The Morgan fingerprint density at radius 1 is 1.39 bits per heavy atom. The Labute approximate surface area is 112 Å². The van der Waals surface area contributed by atoms with Crippen LogP contribution in [0.3, 0.4) is 0 Å². The molecule has 2 bridgehead atoms. The minimum atomic E-state index is 0.523. The van der Waals surface area contributed by atoms with Gasteiger partial charge in [-0.3, -0.25) is 0 Å². The van der Waals surface area contributed by atoms with Crippen LogP contribution in [0.1, 0.15) is 46.0 Å². The minimum Gasteiger partial charge on any atom is -0.385 e. The molecule has 1 N–H and O–H groups in total. The predicted octanol–water partition coefficient (Wildman–Crippen LogP) is 2.59. The highest BCUT2D eigenvalue weighted by Gasteiger charge is 2.45. The summed E-state index contributed by atoms with van der Waals surface area (Å²) >= 11 is 0. The van der Waals surface area contributed by atoms with Gasteiger partial charge >= 0.3 is 0 Å². The van der Waals surface area contributed by atoms with Crippen LogP contribution in [-0.2, 0) is 9.47 Å². The predicted molar refractivity (Wildman–Crippen MR) is 73.7 cm³/mol. The molecule has 5 unspecified atom stereocenters. The number of ether oxygens (including phenoxy) is 2. The Balaban J connectivity index is 1.91. The summed E-state index contributed by atoms with van der Waals surface area (Å²) < 4.78 is 11.3. The molecular weight excluding hydrogens is 226 g/mol. The van der Waals surface area contributed by atoms with Crippen molar-refractivity contribution in [1.82, 2.24) is 5.32 Å². The lowest BCUT2D eigenvalue weighted by Gasteiger charge is -2.34. The van der Waals surface area contributed by atoms with E-state index in [1.54, 1.807) is 7.11 Å². The van der Waals surface area contributed by atoms with Crippen molar-refractivity contribution in [2.24, 2.45) is 11.8 Å². The molecule has 0 spiro atoms. The van der Waals surface area contributed by atoms with Gasteiger partial charge in [-0.25, -0.2) is 0 Å². The van der Waals surface area contributed by atoms with Gasteiger partial charge in [0.05, 0.1) is 12.2 Å². The highest BCUT2D eigenvalue weighted by Crippen LogP contribution is 2.42. The molecule has 2 heterocycles. The summed E-state index contributed by atoms with van der Waals surface area (Å²) in [6, 6.07) is 0.607. The van der Waals surface area contributed by atoms with E-state index in [0.29, 0.717) is 24.2 Å². The van der Waals surface area contributed by atoms with Gasteiger partial charge < -0.3 is 14.8 Å². The third kappa shape index (κ3) is 3.25. The first-order valence-electron chi connectivity index (χ1n) is 7.64. The molecule has 0 amide bonds. The number of nitrogens with one attached hydrogen (secondary N) is 1. The highest BCUT2D eigenvalue weighted by molar-refractivity contribution is 4.96. The second-order valence-corrected chi connectivity index (χ2v) is 6.01. The van der Waals surface area contributed by atoms with E-state index in [2.05, 4.69) is 19.2 Å². The van der Waals surface area contributed by atoms with Crippen LogP contribution in [0.2, 0.25) is 0 Å². The van der Waals surface area contributed by atoms with Crippen molar-refractivity contribution in [3.63, 3.8) is 0 Å². The quantitative estimate of drug-likeness (QED) is 0.723. The summed E-state index contributed by atoms with van der Waals surface area (Å²) in [7, 11) is 1.79. The fourth-order valence-electron chi connectivity index (χ4n) is 3.62. The van der Waals surface area contributed by atoms with Gasteiger partial charge in [0.25, 0.3) is 0 Å². The van der Waals surface area contributed by atoms with Gasteiger partial charge in [0.15, 0.2) is 0 Å². The first-order chi connectivity index (χ1) is 8.76. The molecule has 0 saturated carbocycles. The van der Waals surface area contributed by atoms with Crippen molar-refractivity contribution >= 4 is 0 Å². The molecule has 0 aromatic carbocycles. The summed E-state index contributed by atoms with van der Waals surface area (Å²) in [5, 5.41) is 3.77. The van der Waals surface area contributed by atoms with Crippen molar-refractivity contribution in [2.75, 3.05) is 20.3 Å². The first kappa shape index (κ1) is 14.3. The zero-order valence-corrected chi connectivity index (χ0v) is 12.2. The average Bonchev–Trinajstić information content (AvgIpc) is 2.99. The number of methoxy groups -OCH3 is 1. The van der Waals surface area contributed by atoms with E-state index in [4.69, 9.17) is 9.47 Å². The van der Waals surface area contributed by atoms with E-state index < -0.39 is 0 Å². The summed E-state index contributed by atoms with van der Waals surface area (Å²) in [6.07, 6.45) is 7.25. The van der Waals surface area contributed by atoms with Gasteiger partial charge in [0.2, 0.25) is 0 Å². The molecule has 2 rings (SSSR count). The van der Waals surface area contributed by atoms with E-state index in [1.165, 1.54) is 25.7 Å². The number of hydrogen-bond donors (Lipinski definition) is 1. The molecule has 2 aliphatic rings. The van der Waals surface area contributed by atoms with Crippen LogP contribution < -0.4 is 5.32 Å². The van der Waals surface area contributed by atoms with Gasteiger partial charge in [0.1, 0.15) is 0 Å². The van der Waals surface area contributed by atoms with E-state index in [-0.39, 0.29) is 0 Å². The van der Waals surface area contributed by atoms with Crippen LogP contribution in [0.15, 0.2) is 0 Å². The molecule has 0 aromatic rings. The van der Waals surface area contributed by atoms with Crippen molar-refractivity contribution < 1.29 is 9.47 Å². The Morgan fingerprint density at radius 3 is 2.78 bits per heavy atom. The summed E-state index contributed by atoms with van der Waals surface area (Å²) in [6.45, 7) is 6.59. The lowest BCUT2D eigenvalue weighted by Crippen LogP contribution is -2.45. The molecule has 2 fully saturated rings. The normalized spacial score (nSPS) is 33.8. The first-order valence-corrected chi connectivity index (χ1v) is 7.64. The maximum atomic E-state index is 6.03. The summed E-state index contributed by atoms with van der Waals surface area (Å²) in [5.41, 5.74) is 0. The monoisotopic (exact) mass is 255 g/mol. The second-order valence-electron chi connectivity index (χ2n) is 6.01. The SMILES string of the molecule is CCCNC(C(C)CCOC)C1CC2CCC1O2. The van der Waals surface area contributed by atoms with Crippen LogP contribution in [0.5, 0.6) is 0 Å². The zero-order chi connectivity index (χ0) is 13.0. The van der Waals surface area contributed by atoms with E-state index in [0.717, 1.165) is 25.5 Å². The van der Waals surface area contributed by atoms with Crippen molar-refractivity contribution in [2.45, 2.75) is 64.2 Å². The molecular formula is C15H29NO2. The lowest BCUT2D eigenvalue weighted by atomic mass is 9.78. The second kappa shape index (κ2) is 6.88. The molecule has 0 radical (unpaired) electrons. The Kier molecular flexibility index (Phi) is 5.46. The Hall–Kier alpha value is -0.120. The van der Waals surface area contributed by atoms with Crippen LogP contribution in [0, 0.1) is 11.8 Å². The zero-order valence-electron chi connectivity index (χ0n) is 12.2. The van der Waals surface area contributed by atoms with Gasteiger partial charge in [-0.2, -0.15) is 0 Å². The molecule has 0 aliphatic carbocycles.